The van der Waals surface area contributed by atoms with Gasteiger partial charge in [0.05, 0.1) is 25.4 Å². The summed E-state index contributed by atoms with van der Waals surface area (Å²) < 4.78 is 9.50. The quantitative estimate of drug-likeness (QED) is 0.379. The second kappa shape index (κ2) is 13.1. The summed E-state index contributed by atoms with van der Waals surface area (Å²) in [6.07, 6.45) is 0.522. The van der Waals surface area contributed by atoms with Crippen LogP contribution in [0.2, 0.25) is 0 Å². The minimum absolute atomic E-state index is 0.0264. The third-order valence-electron chi connectivity index (χ3n) is 2.73. The molecule has 7 nitrogen and oxygen atoms in total. The standard InChI is InChI=1S/C13H26O7/c14-7-1-3-11(16)5-9-19-13(18)20-10-6-12(17)4-2-8-15/h11-12,14-17H,1-10H2. The lowest BCUT2D eigenvalue weighted by Crippen LogP contribution is -2.17. The highest BCUT2D eigenvalue weighted by Gasteiger charge is 2.09. The predicted octanol–water partition coefficient (Wildman–Crippen LogP) is 0.187. The van der Waals surface area contributed by atoms with E-state index >= 15 is 0 Å². The topological polar surface area (TPSA) is 116 Å². The van der Waals surface area contributed by atoms with Gasteiger partial charge in [0.2, 0.25) is 0 Å². The van der Waals surface area contributed by atoms with Crippen LogP contribution in [-0.2, 0) is 9.47 Å². The molecule has 120 valence electrons. The fourth-order valence-electron chi connectivity index (χ4n) is 1.54. The van der Waals surface area contributed by atoms with Crippen molar-refractivity contribution in [1.29, 1.82) is 0 Å². The molecule has 2 unspecified atom stereocenters. The average Bonchev–Trinajstić information content (AvgIpc) is 2.42. The molecule has 0 radical (unpaired) electrons. The lowest BCUT2D eigenvalue weighted by molar-refractivity contribution is 0.0308. The van der Waals surface area contributed by atoms with Gasteiger partial charge in [0, 0.05) is 26.1 Å². The first-order valence-electron chi connectivity index (χ1n) is 6.97. The minimum atomic E-state index is -0.825. The average molecular weight is 294 g/mol. The monoisotopic (exact) mass is 294 g/mol. The SMILES string of the molecule is O=C(OCCC(O)CCCO)OCCC(O)CCCO. The molecule has 0 aliphatic heterocycles. The van der Waals surface area contributed by atoms with E-state index in [1.54, 1.807) is 0 Å². The van der Waals surface area contributed by atoms with Crippen molar-refractivity contribution in [2.45, 2.75) is 50.7 Å². The third-order valence-corrected chi connectivity index (χ3v) is 2.73. The van der Waals surface area contributed by atoms with Gasteiger partial charge in [-0.1, -0.05) is 0 Å². The lowest BCUT2D eigenvalue weighted by Gasteiger charge is -2.11. The number of carbonyl (C=O) groups is 1. The summed E-state index contributed by atoms with van der Waals surface area (Å²) in [5.74, 6) is 0. The number of ether oxygens (including phenoxy) is 2. The van der Waals surface area contributed by atoms with Gasteiger partial charge in [-0.15, -0.1) is 0 Å². The Balaban J connectivity index is 3.45. The molecule has 7 heteroatoms. The molecule has 0 aliphatic carbocycles. The van der Waals surface area contributed by atoms with Crippen LogP contribution in [0.4, 0.5) is 4.79 Å². The maximum Gasteiger partial charge on any atom is 0.508 e. The fraction of sp³-hybridized carbons (Fsp3) is 0.923. The van der Waals surface area contributed by atoms with Crippen LogP contribution in [0.3, 0.4) is 0 Å². The van der Waals surface area contributed by atoms with E-state index in [4.69, 9.17) is 19.7 Å². The fourth-order valence-corrected chi connectivity index (χ4v) is 1.54. The molecule has 0 aromatic heterocycles. The van der Waals surface area contributed by atoms with E-state index in [2.05, 4.69) is 0 Å². The number of hydrogen-bond donors (Lipinski definition) is 4. The Morgan fingerprint density at radius 1 is 0.800 bits per heavy atom. The van der Waals surface area contributed by atoms with Crippen molar-refractivity contribution < 1.29 is 34.7 Å². The minimum Gasteiger partial charge on any atom is -0.434 e. The van der Waals surface area contributed by atoms with Crippen molar-refractivity contribution in [1.82, 2.24) is 0 Å². The molecule has 0 spiro atoms. The molecule has 0 saturated heterocycles. The maximum atomic E-state index is 11.1. The first-order valence-corrected chi connectivity index (χ1v) is 6.97. The second-order valence-corrected chi connectivity index (χ2v) is 4.56. The molecule has 0 bridgehead atoms. The van der Waals surface area contributed by atoms with Crippen molar-refractivity contribution in [3.8, 4) is 0 Å². The van der Waals surface area contributed by atoms with E-state index in [0.717, 1.165) is 0 Å². The van der Waals surface area contributed by atoms with Crippen LogP contribution < -0.4 is 0 Å². The summed E-state index contributed by atoms with van der Waals surface area (Å²) in [6, 6.07) is 0. The van der Waals surface area contributed by atoms with Crippen LogP contribution in [0.1, 0.15) is 38.5 Å². The van der Waals surface area contributed by atoms with Crippen molar-refractivity contribution in [3.05, 3.63) is 0 Å². The van der Waals surface area contributed by atoms with Gasteiger partial charge >= 0.3 is 6.16 Å². The summed E-state index contributed by atoms with van der Waals surface area (Å²) in [6.45, 7) is 0.161. The predicted molar refractivity (Wildman–Crippen MR) is 71.2 cm³/mol. The van der Waals surface area contributed by atoms with Crippen LogP contribution in [0.15, 0.2) is 0 Å². The Hall–Kier alpha value is -0.890. The van der Waals surface area contributed by atoms with E-state index in [1.165, 1.54) is 0 Å². The zero-order valence-electron chi connectivity index (χ0n) is 11.7. The normalized spacial score (nSPS) is 13.8. The van der Waals surface area contributed by atoms with Gasteiger partial charge in [-0.25, -0.2) is 4.79 Å². The number of rotatable bonds is 12. The Kier molecular flexibility index (Phi) is 12.5. The van der Waals surface area contributed by atoms with Crippen LogP contribution in [0, 0.1) is 0 Å². The maximum absolute atomic E-state index is 11.1. The molecule has 20 heavy (non-hydrogen) atoms. The molecule has 4 N–H and O–H groups in total. The highest BCUT2D eigenvalue weighted by molar-refractivity contribution is 5.59. The van der Waals surface area contributed by atoms with Crippen molar-refractivity contribution >= 4 is 6.16 Å². The van der Waals surface area contributed by atoms with E-state index < -0.39 is 18.4 Å². The van der Waals surface area contributed by atoms with Crippen molar-refractivity contribution in [3.63, 3.8) is 0 Å². The molecular formula is C13H26O7. The Labute approximate surface area is 119 Å². The van der Waals surface area contributed by atoms with Gasteiger partial charge in [0.25, 0.3) is 0 Å². The molecule has 0 aliphatic rings. The Morgan fingerprint density at radius 3 is 1.55 bits per heavy atom. The summed E-state index contributed by atoms with van der Waals surface area (Å²) in [7, 11) is 0. The number of aliphatic hydroxyl groups is 4. The van der Waals surface area contributed by atoms with E-state index in [-0.39, 0.29) is 26.4 Å². The Bertz CT molecular complexity index is 213. The van der Waals surface area contributed by atoms with Gasteiger partial charge < -0.3 is 29.9 Å². The van der Waals surface area contributed by atoms with Crippen LogP contribution in [0.25, 0.3) is 0 Å². The molecule has 0 amide bonds. The van der Waals surface area contributed by atoms with Crippen molar-refractivity contribution in [2.24, 2.45) is 0 Å². The van der Waals surface area contributed by atoms with E-state index in [1.807, 2.05) is 0 Å². The van der Waals surface area contributed by atoms with Gasteiger partial charge in [-0.3, -0.25) is 0 Å². The van der Waals surface area contributed by atoms with Crippen LogP contribution in [-0.4, -0.2) is 65.2 Å². The first-order chi connectivity index (χ1) is 9.60. The second-order valence-electron chi connectivity index (χ2n) is 4.56. The zero-order chi connectivity index (χ0) is 15.2. The molecule has 0 fully saturated rings. The smallest absolute Gasteiger partial charge is 0.434 e. The number of aliphatic hydroxyl groups excluding tert-OH is 4. The largest absolute Gasteiger partial charge is 0.508 e. The first kappa shape index (κ1) is 19.1. The highest BCUT2D eigenvalue weighted by Crippen LogP contribution is 2.04. The van der Waals surface area contributed by atoms with Gasteiger partial charge in [0.15, 0.2) is 0 Å². The summed E-state index contributed by atoms with van der Waals surface area (Å²) in [4.78, 5) is 11.1. The number of carbonyl (C=O) groups excluding carboxylic acids is 1. The molecule has 0 rings (SSSR count). The summed E-state index contributed by atoms with van der Waals surface area (Å²) >= 11 is 0. The van der Waals surface area contributed by atoms with Gasteiger partial charge in [0.1, 0.15) is 0 Å². The van der Waals surface area contributed by atoms with E-state index in [9.17, 15) is 15.0 Å². The van der Waals surface area contributed by atoms with Crippen LogP contribution in [0.5, 0.6) is 0 Å². The van der Waals surface area contributed by atoms with Crippen LogP contribution >= 0.6 is 0 Å². The third kappa shape index (κ3) is 12.2. The molecule has 2 atom stereocenters. The van der Waals surface area contributed by atoms with E-state index in [0.29, 0.717) is 38.5 Å². The van der Waals surface area contributed by atoms with Crippen molar-refractivity contribution in [2.75, 3.05) is 26.4 Å². The van der Waals surface area contributed by atoms with Gasteiger partial charge in [-0.05, 0) is 25.7 Å². The lowest BCUT2D eigenvalue weighted by atomic mass is 10.1. The summed E-state index contributed by atoms with van der Waals surface area (Å²) in [5, 5.41) is 36.0. The Morgan fingerprint density at radius 2 is 1.20 bits per heavy atom. The molecule has 0 aromatic rings. The summed E-state index contributed by atoms with van der Waals surface area (Å²) in [5.41, 5.74) is 0. The molecule has 0 saturated carbocycles. The zero-order valence-corrected chi connectivity index (χ0v) is 11.7. The molecular weight excluding hydrogens is 268 g/mol. The van der Waals surface area contributed by atoms with Gasteiger partial charge in [-0.2, -0.15) is 0 Å². The number of hydrogen-bond acceptors (Lipinski definition) is 7. The molecule has 0 heterocycles. The highest BCUT2D eigenvalue weighted by atomic mass is 16.7. The molecule has 0 aromatic carbocycles.